The zero-order valence-electron chi connectivity index (χ0n) is 16.9. The highest BCUT2D eigenvalue weighted by atomic mass is 32.2. The number of sulfone groups is 1. The summed E-state index contributed by atoms with van der Waals surface area (Å²) in [6.45, 7) is 4.32. The molecule has 0 aliphatic carbocycles. The summed E-state index contributed by atoms with van der Waals surface area (Å²) in [5.41, 5.74) is 0.744. The first kappa shape index (κ1) is 21.4. The van der Waals surface area contributed by atoms with Crippen LogP contribution in [0, 0.1) is 0 Å². The maximum atomic E-state index is 12.7. The SMILES string of the molecule is CCC(CC)NC(=O)C1CN(CC(=O)NC2CCS(=O)(=O)C2)c2ccccc2O1. The summed E-state index contributed by atoms with van der Waals surface area (Å²) in [5, 5.41) is 5.81. The third-order valence-corrected chi connectivity index (χ3v) is 7.19. The Morgan fingerprint density at radius 3 is 2.62 bits per heavy atom. The molecule has 2 amide bonds. The second kappa shape index (κ2) is 9.02. The van der Waals surface area contributed by atoms with Crippen molar-refractivity contribution in [2.45, 2.75) is 51.3 Å². The largest absolute Gasteiger partial charge is 0.477 e. The maximum absolute atomic E-state index is 12.7. The molecule has 0 spiro atoms. The molecule has 29 heavy (non-hydrogen) atoms. The fourth-order valence-electron chi connectivity index (χ4n) is 3.74. The monoisotopic (exact) mass is 423 g/mol. The standard InChI is InChI=1S/C20H29N3O5S/c1-3-14(4-2)22-20(25)18-11-23(16-7-5-6-8-17(16)28-18)12-19(24)21-15-9-10-29(26,27)13-15/h5-8,14-15,18H,3-4,9-13H2,1-2H3,(H,21,24)(H,22,25). The van der Waals surface area contributed by atoms with Gasteiger partial charge in [-0.15, -0.1) is 0 Å². The summed E-state index contributed by atoms with van der Waals surface area (Å²) in [5.74, 6) is 0.193. The van der Waals surface area contributed by atoms with Crippen LogP contribution < -0.4 is 20.3 Å². The molecule has 1 fully saturated rings. The van der Waals surface area contributed by atoms with Crippen LogP contribution in [0.25, 0.3) is 0 Å². The number of hydrogen-bond acceptors (Lipinski definition) is 6. The molecule has 0 saturated carbocycles. The van der Waals surface area contributed by atoms with E-state index in [0.29, 0.717) is 12.2 Å². The number of hydrogen-bond donors (Lipinski definition) is 2. The molecule has 0 aromatic heterocycles. The van der Waals surface area contributed by atoms with E-state index in [9.17, 15) is 18.0 Å². The molecule has 1 aromatic rings. The minimum absolute atomic E-state index is 0.0150. The molecule has 1 aromatic carbocycles. The van der Waals surface area contributed by atoms with E-state index in [0.717, 1.165) is 18.5 Å². The summed E-state index contributed by atoms with van der Waals surface area (Å²) in [4.78, 5) is 27.0. The smallest absolute Gasteiger partial charge is 0.263 e. The second-order valence-electron chi connectivity index (χ2n) is 7.64. The van der Waals surface area contributed by atoms with Crippen LogP contribution in [0.4, 0.5) is 5.69 Å². The van der Waals surface area contributed by atoms with Crippen LogP contribution in [0.2, 0.25) is 0 Å². The van der Waals surface area contributed by atoms with Crippen molar-refractivity contribution < 1.29 is 22.7 Å². The molecule has 2 aliphatic heterocycles. The first-order chi connectivity index (χ1) is 13.8. The first-order valence-electron chi connectivity index (χ1n) is 10.1. The summed E-state index contributed by atoms with van der Waals surface area (Å²) < 4.78 is 29.1. The van der Waals surface area contributed by atoms with Crippen LogP contribution >= 0.6 is 0 Å². The minimum atomic E-state index is -3.06. The number of nitrogens with zero attached hydrogens (tertiary/aromatic N) is 1. The Morgan fingerprint density at radius 1 is 1.24 bits per heavy atom. The van der Waals surface area contributed by atoms with Crippen LogP contribution in [-0.2, 0) is 19.4 Å². The number of ether oxygens (including phenoxy) is 1. The van der Waals surface area contributed by atoms with E-state index in [4.69, 9.17) is 4.74 Å². The Morgan fingerprint density at radius 2 is 1.97 bits per heavy atom. The van der Waals surface area contributed by atoms with Gasteiger partial charge in [0.15, 0.2) is 15.9 Å². The van der Waals surface area contributed by atoms with Crippen molar-refractivity contribution in [2.24, 2.45) is 0 Å². The van der Waals surface area contributed by atoms with Gasteiger partial charge in [-0.05, 0) is 31.4 Å². The minimum Gasteiger partial charge on any atom is -0.477 e. The highest BCUT2D eigenvalue weighted by Crippen LogP contribution is 2.33. The average Bonchev–Trinajstić information content (AvgIpc) is 3.03. The van der Waals surface area contributed by atoms with Crippen molar-refractivity contribution in [1.29, 1.82) is 0 Å². The van der Waals surface area contributed by atoms with E-state index in [2.05, 4.69) is 10.6 Å². The Kier molecular flexibility index (Phi) is 6.66. The molecule has 0 radical (unpaired) electrons. The summed E-state index contributed by atoms with van der Waals surface area (Å²) >= 11 is 0. The number of anilines is 1. The molecule has 9 heteroatoms. The van der Waals surface area contributed by atoms with E-state index in [1.807, 2.05) is 36.9 Å². The molecule has 2 atom stereocenters. The normalized spacial score (nSPS) is 22.7. The molecule has 0 bridgehead atoms. The third-order valence-electron chi connectivity index (χ3n) is 5.42. The lowest BCUT2D eigenvalue weighted by atomic mass is 10.1. The third kappa shape index (κ3) is 5.41. The Hall–Kier alpha value is -2.29. The number of para-hydroxylation sites is 2. The highest BCUT2D eigenvalue weighted by Gasteiger charge is 2.33. The fourth-order valence-corrected chi connectivity index (χ4v) is 5.41. The number of nitrogens with one attached hydrogen (secondary N) is 2. The van der Waals surface area contributed by atoms with Crippen molar-refractivity contribution in [2.75, 3.05) is 29.5 Å². The van der Waals surface area contributed by atoms with E-state index in [1.165, 1.54) is 0 Å². The predicted molar refractivity (Wildman–Crippen MR) is 111 cm³/mol. The van der Waals surface area contributed by atoms with Gasteiger partial charge in [0, 0.05) is 12.1 Å². The van der Waals surface area contributed by atoms with Crippen molar-refractivity contribution in [1.82, 2.24) is 10.6 Å². The van der Waals surface area contributed by atoms with E-state index in [1.54, 1.807) is 6.07 Å². The molecule has 2 unspecified atom stereocenters. The average molecular weight is 424 g/mol. The second-order valence-corrected chi connectivity index (χ2v) is 9.87. The summed E-state index contributed by atoms with van der Waals surface area (Å²) in [6.07, 6.45) is 1.39. The fraction of sp³-hybridized carbons (Fsp3) is 0.600. The van der Waals surface area contributed by atoms with E-state index in [-0.39, 0.29) is 48.5 Å². The van der Waals surface area contributed by atoms with Crippen LogP contribution in [0.3, 0.4) is 0 Å². The lowest BCUT2D eigenvalue weighted by molar-refractivity contribution is -0.129. The van der Waals surface area contributed by atoms with Crippen LogP contribution in [0.5, 0.6) is 5.75 Å². The van der Waals surface area contributed by atoms with Crippen LogP contribution in [0.15, 0.2) is 24.3 Å². The number of fused-ring (bicyclic) bond motifs is 1. The van der Waals surface area contributed by atoms with Crippen molar-refractivity contribution in [3.05, 3.63) is 24.3 Å². The molecule has 2 aliphatic rings. The van der Waals surface area contributed by atoms with Gasteiger partial charge in [0.25, 0.3) is 5.91 Å². The van der Waals surface area contributed by atoms with Gasteiger partial charge in [0.05, 0.1) is 30.3 Å². The number of amides is 2. The predicted octanol–water partition coefficient (Wildman–Crippen LogP) is 0.862. The van der Waals surface area contributed by atoms with E-state index >= 15 is 0 Å². The molecule has 1 saturated heterocycles. The maximum Gasteiger partial charge on any atom is 0.263 e. The van der Waals surface area contributed by atoms with Crippen molar-refractivity contribution in [3.63, 3.8) is 0 Å². The topological polar surface area (TPSA) is 105 Å². The van der Waals surface area contributed by atoms with Gasteiger partial charge in [-0.25, -0.2) is 8.42 Å². The van der Waals surface area contributed by atoms with Gasteiger partial charge in [-0.2, -0.15) is 0 Å². The number of carbonyl (C=O) groups is 2. The quantitative estimate of drug-likeness (QED) is 0.674. The number of carbonyl (C=O) groups excluding carboxylic acids is 2. The van der Waals surface area contributed by atoms with Gasteiger partial charge in [-0.1, -0.05) is 26.0 Å². The van der Waals surface area contributed by atoms with Gasteiger partial charge in [0.2, 0.25) is 5.91 Å². The van der Waals surface area contributed by atoms with Crippen LogP contribution in [-0.4, -0.2) is 63.0 Å². The number of rotatable bonds is 7. The summed E-state index contributed by atoms with van der Waals surface area (Å²) in [7, 11) is -3.06. The highest BCUT2D eigenvalue weighted by molar-refractivity contribution is 7.91. The van der Waals surface area contributed by atoms with Crippen molar-refractivity contribution in [3.8, 4) is 5.75 Å². The van der Waals surface area contributed by atoms with Crippen LogP contribution in [0.1, 0.15) is 33.1 Å². The van der Waals surface area contributed by atoms with E-state index < -0.39 is 15.9 Å². The molecule has 2 N–H and O–H groups in total. The van der Waals surface area contributed by atoms with Crippen molar-refractivity contribution >= 4 is 27.3 Å². The molecule has 8 nitrogen and oxygen atoms in total. The molecule has 2 heterocycles. The lowest BCUT2D eigenvalue weighted by Gasteiger charge is -2.35. The zero-order chi connectivity index (χ0) is 21.0. The Balaban J connectivity index is 1.68. The number of benzene rings is 1. The lowest BCUT2D eigenvalue weighted by Crippen LogP contribution is -2.53. The van der Waals surface area contributed by atoms with Gasteiger partial charge < -0.3 is 20.3 Å². The van der Waals surface area contributed by atoms with Gasteiger partial charge in [-0.3, -0.25) is 9.59 Å². The van der Waals surface area contributed by atoms with Gasteiger partial charge >= 0.3 is 0 Å². The molecular formula is C20H29N3O5S. The summed E-state index contributed by atoms with van der Waals surface area (Å²) in [6, 6.07) is 7.03. The molecule has 160 valence electrons. The zero-order valence-corrected chi connectivity index (χ0v) is 17.7. The molecular weight excluding hydrogens is 394 g/mol. The van der Waals surface area contributed by atoms with Gasteiger partial charge in [0.1, 0.15) is 5.75 Å². The first-order valence-corrected chi connectivity index (χ1v) is 11.9. The molecule has 3 rings (SSSR count). The Labute approximate surface area is 171 Å². The Bertz CT molecular complexity index is 853.